The normalized spacial score (nSPS) is 19.3. The van der Waals surface area contributed by atoms with Crippen LogP contribution in [0.4, 0.5) is 4.39 Å². The molecule has 7 heteroatoms. The van der Waals surface area contributed by atoms with Crippen LogP contribution in [0.15, 0.2) is 53.6 Å². The van der Waals surface area contributed by atoms with E-state index >= 15 is 0 Å². The Labute approximate surface area is 149 Å². The van der Waals surface area contributed by atoms with Gasteiger partial charge in [0.25, 0.3) is 5.91 Å². The average molecular weight is 359 g/mol. The molecule has 0 bridgehead atoms. The van der Waals surface area contributed by atoms with Gasteiger partial charge in [-0.25, -0.2) is 4.39 Å². The molecule has 4 rings (SSSR count). The van der Waals surface area contributed by atoms with Gasteiger partial charge in [0.1, 0.15) is 17.8 Å². The topological polar surface area (TPSA) is 47.9 Å². The van der Waals surface area contributed by atoms with Gasteiger partial charge in [-0.15, -0.1) is 0 Å². The van der Waals surface area contributed by atoms with Crippen LogP contribution in [-0.4, -0.2) is 41.2 Å². The molecular weight excluding hydrogens is 343 g/mol. The molecular formula is C18H16ClFN4O. The van der Waals surface area contributed by atoms with Gasteiger partial charge >= 0.3 is 0 Å². The third-order valence-electron chi connectivity index (χ3n) is 4.48. The highest BCUT2D eigenvalue weighted by Crippen LogP contribution is 2.26. The molecule has 0 saturated carbocycles. The third kappa shape index (κ3) is 2.93. The first-order chi connectivity index (χ1) is 12.1. The Kier molecular flexibility index (Phi) is 4.05. The van der Waals surface area contributed by atoms with Crippen molar-refractivity contribution in [1.29, 1.82) is 0 Å². The zero-order chi connectivity index (χ0) is 17.4. The lowest BCUT2D eigenvalue weighted by Crippen LogP contribution is -2.51. The monoisotopic (exact) mass is 358 g/mol. The maximum Gasteiger partial charge on any atom is 0.255 e. The molecule has 5 nitrogen and oxygen atoms in total. The second-order valence-electron chi connectivity index (χ2n) is 6.01. The molecule has 1 saturated heterocycles. The van der Waals surface area contributed by atoms with Gasteiger partial charge in [-0.05, 0) is 29.8 Å². The summed E-state index contributed by atoms with van der Waals surface area (Å²) in [7, 11) is 0. The van der Waals surface area contributed by atoms with Crippen LogP contribution in [0.1, 0.15) is 22.1 Å². The number of fused-ring (bicyclic) bond motifs is 1. The standard InChI is InChI=1S/C18H16ClFN4O/c19-15-4-2-1-3-14(15)18(25)23-9-10-24-16(11-23)21-22-17(24)12-5-7-13(20)8-6-12/h1-8,17,22H,9-11H2. The number of piperazine rings is 1. The number of nitrogens with zero attached hydrogens (tertiary/aromatic N) is 3. The number of carbonyl (C=O) groups is 1. The number of nitrogens with one attached hydrogen (secondary N) is 1. The molecule has 25 heavy (non-hydrogen) atoms. The fourth-order valence-electron chi connectivity index (χ4n) is 3.16. The van der Waals surface area contributed by atoms with E-state index in [0.717, 1.165) is 11.4 Å². The van der Waals surface area contributed by atoms with E-state index in [2.05, 4.69) is 15.4 Å². The van der Waals surface area contributed by atoms with Gasteiger partial charge in [0, 0.05) is 13.1 Å². The first-order valence-electron chi connectivity index (χ1n) is 8.01. The number of hydrazone groups is 1. The van der Waals surface area contributed by atoms with Crippen molar-refractivity contribution in [3.63, 3.8) is 0 Å². The minimum atomic E-state index is -0.266. The Bertz CT molecular complexity index is 839. The summed E-state index contributed by atoms with van der Waals surface area (Å²) in [5.41, 5.74) is 4.51. The molecule has 0 aromatic heterocycles. The van der Waals surface area contributed by atoms with Gasteiger partial charge in [0.15, 0.2) is 0 Å². The van der Waals surface area contributed by atoms with Crippen LogP contribution in [0, 0.1) is 5.82 Å². The van der Waals surface area contributed by atoms with E-state index in [-0.39, 0.29) is 17.9 Å². The number of hydrogen-bond donors (Lipinski definition) is 1. The van der Waals surface area contributed by atoms with Gasteiger partial charge in [-0.1, -0.05) is 35.9 Å². The number of amidine groups is 1. The molecule has 2 aliphatic rings. The zero-order valence-electron chi connectivity index (χ0n) is 13.3. The summed E-state index contributed by atoms with van der Waals surface area (Å²) in [6.07, 6.45) is -0.131. The molecule has 1 atom stereocenters. The van der Waals surface area contributed by atoms with Crippen LogP contribution in [0.2, 0.25) is 5.02 Å². The van der Waals surface area contributed by atoms with Crippen molar-refractivity contribution in [2.24, 2.45) is 5.10 Å². The SMILES string of the molecule is O=C(c1ccccc1Cl)N1CCN2C(=NNC2c2ccc(F)cc2)C1. The lowest BCUT2D eigenvalue weighted by Gasteiger charge is -2.36. The predicted octanol–water partition coefficient (Wildman–Crippen LogP) is 2.85. The lowest BCUT2D eigenvalue weighted by molar-refractivity contribution is 0.0736. The van der Waals surface area contributed by atoms with E-state index in [0.29, 0.717) is 30.2 Å². The van der Waals surface area contributed by atoms with Crippen LogP contribution < -0.4 is 5.43 Å². The number of halogens is 2. The largest absolute Gasteiger partial charge is 0.330 e. The molecule has 2 aliphatic heterocycles. The molecule has 1 fully saturated rings. The van der Waals surface area contributed by atoms with Crippen LogP contribution in [0.25, 0.3) is 0 Å². The Hall–Kier alpha value is -2.60. The molecule has 0 radical (unpaired) electrons. The quantitative estimate of drug-likeness (QED) is 0.898. The summed E-state index contributed by atoms with van der Waals surface area (Å²) in [6, 6.07) is 13.4. The minimum absolute atomic E-state index is 0.0989. The molecule has 128 valence electrons. The Morgan fingerprint density at radius 3 is 2.68 bits per heavy atom. The summed E-state index contributed by atoms with van der Waals surface area (Å²) >= 11 is 6.13. The van der Waals surface area contributed by atoms with Crippen molar-refractivity contribution in [3.8, 4) is 0 Å². The van der Waals surface area contributed by atoms with Gasteiger partial charge in [-0.3, -0.25) is 10.2 Å². The highest BCUT2D eigenvalue weighted by molar-refractivity contribution is 6.33. The highest BCUT2D eigenvalue weighted by atomic mass is 35.5. The van der Waals surface area contributed by atoms with Gasteiger partial charge < -0.3 is 9.80 Å². The summed E-state index contributed by atoms with van der Waals surface area (Å²) in [5, 5.41) is 4.81. The van der Waals surface area contributed by atoms with E-state index in [9.17, 15) is 9.18 Å². The molecule has 0 aliphatic carbocycles. The molecule has 0 spiro atoms. The maximum absolute atomic E-state index is 13.1. The fourth-order valence-corrected chi connectivity index (χ4v) is 3.38. The van der Waals surface area contributed by atoms with Crippen LogP contribution in [0.3, 0.4) is 0 Å². The van der Waals surface area contributed by atoms with E-state index in [4.69, 9.17) is 11.6 Å². The van der Waals surface area contributed by atoms with Gasteiger partial charge in [0.05, 0.1) is 17.1 Å². The van der Waals surface area contributed by atoms with E-state index < -0.39 is 0 Å². The molecule has 1 N–H and O–H groups in total. The smallest absolute Gasteiger partial charge is 0.255 e. The van der Waals surface area contributed by atoms with E-state index in [1.807, 2.05) is 0 Å². The minimum Gasteiger partial charge on any atom is -0.330 e. The predicted molar refractivity (Wildman–Crippen MR) is 93.8 cm³/mol. The molecule has 2 aromatic rings. The van der Waals surface area contributed by atoms with Crippen molar-refractivity contribution < 1.29 is 9.18 Å². The van der Waals surface area contributed by atoms with Crippen molar-refractivity contribution in [2.75, 3.05) is 19.6 Å². The highest BCUT2D eigenvalue weighted by Gasteiger charge is 2.35. The number of rotatable bonds is 2. The Balaban J connectivity index is 1.49. The van der Waals surface area contributed by atoms with Gasteiger partial charge in [-0.2, -0.15) is 5.10 Å². The van der Waals surface area contributed by atoms with E-state index in [1.165, 1.54) is 12.1 Å². The number of carbonyl (C=O) groups excluding carboxylic acids is 1. The first kappa shape index (κ1) is 15.9. The molecule has 1 amide bonds. The summed E-state index contributed by atoms with van der Waals surface area (Å²) < 4.78 is 13.1. The summed E-state index contributed by atoms with van der Waals surface area (Å²) in [4.78, 5) is 16.5. The fraction of sp³-hybridized carbons (Fsp3) is 0.222. The average Bonchev–Trinajstić information content (AvgIpc) is 3.05. The first-order valence-corrected chi connectivity index (χ1v) is 8.39. The third-order valence-corrected chi connectivity index (χ3v) is 4.81. The number of hydrogen-bond acceptors (Lipinski definition) is 4. The van der Waals surface area contributed by atoms with Crippen LogP contribution in [0.5, 0.6) is 0 Å². The van der Waals surface area contributed by atoms with Crippen molar-refractivity contribution in [2.45, 2.75) is 6.17 Å². The molecule has 1 unspecified atom stereocenters. The maximum atomic E-state index is 13.1. The van der Waals surface area contributed by atoms with Crippen LogP contribution >= 0.6 is 11.6 Å². The Morgan fingerprint density at radius 2 is 1.92 bits per heavy atom. The van der Waals surface area contributed by atoms with Crippen LogP contribution in [-0.2, 0) is 0 Å². The number of benzene rings is 2. The van der Waals surface area contributed by atoms with E-state index in [1.54, 1.807) is 41.3 Å². The second-order valence-corrected chi connectivity index (χ2v) is 6.42. The van der Waals surface area contributed by atoms with Crippen molar-refractivity contribution >= 4 is 23.3 Å². The molecule has 2 heterocycles. The second kappa shape index (κ2) is 6.37. The Morgan fingerprint density at radius 1 is 1.16 bits per heavy atom. The summed E-state index contributed by atoms with van der Waals surface area (Å²) in [5.74, 6) is 0.428. The van der Waals surface area contributed by atoms with Crippen molar-refractivity contribution in [1.82, 2.24) is 15.2 Å². The van der Waals surface area contributed by atoms with Crippen molar-refractivity contribution in [3.05, 3.63) is 70.5 Å². The van der Waals surface area contributed by atoms with Gasteiger partial charge in [0.2, 0.25) is 0 Å². The lowest BCUT2D eigenvalue weighted by atomic mass is 10.1. The molecule has 2 aromatic carbocycles. The number of amides is 1. The summed E-state index contributed by atoms with van der Waals surface area (Å²) in [6.45, 7) is 1.63. The zero-order valence-corrected chi connectivity index (χ0v) is 14.1.